The first-order valence-corrected chi connectivity index (χ1v) is 10.2. The highest BCUT2D eigenvalue weighted by Gasteiger charge is 2.41. The average Bonchev–Trinajstić information content (AvgIpc) is 3.57. The quantitative estimate of drug-likeness (QED) is 0.423. The lowest BCUT2D eigenvalue weighted by Gasteiger charge is -2.26. The summed E-state index contributed by atoms with van der Waals surface area (Å²) in [6.07, 6.45) is 4.30. The SMILES string of the molecule is CCc1c(C(O)(c2ccccc2)c2ccn(C)n2)nc2cc(OC)c(-c3nnn[nH]3)cn12. The molecule has 0 fully saturated rings. The summed E-state index contributed by atoms with van der Waals surface area (Å²) in [7, 11) is 3.40. The van der Waals surface area contributed by atoms with Crippen LogP contribution in [0.5, 0.6) is 5.75 Å². The third-order valence-corrected chi connectivity index (χ3v) is 5.60. The van der Waals surface area contributed by atoms with Crippen LogP contribution in [0.3, 0.4) is 0 Å². The Labute approximate surface area is 183 Å². The second kappa shape index (κ2) is 7.57. The van der Waals surface area contributed by atoms with Crippen LogP contribution in [0.25, 0.3) is 17.0 Å². The minimum Gasteiger partial charge on any atom is -0.496 e. The minimum atomic E-state index is -1.54. The first-order chi connectivity index (χ1) is 15.6. The second-order valence-electron chi connectivity index (χ2n) is 7.45. The molecular formula is C22H22N8O2. The summed E-state index contributed by atoms with van der Waals surface area (Å²) < 4.78 is 9.18. The first kappa shape index (κ1) is 19.9. The maximum absolute atomic E-state index is 12.2. The summed E-state index contributed by atoms with van der Waals surface area (Å²) in [4.78, 5) is 4.87. The number of aliphatic hydroxyl groups is 1. The van der Waals surface area contributed by atoms with Gasteiger partial charge in [-0.1, -0.05) is 37.3 Å². The molecule has 10 heteroatoms. The van der Waals surface area contributed by atoms with E-state index in [0.717, 1.165) is 5.69 Å². The van der Waals surface area contributed by atoms with Crippen molar-refractivity contribution in [2.45, 2.75) is 18.9 Å². The largest absolute Gasteiger partial charge is 0.496 e. The van der Waals surface area contributed by atoms with Gasteiger partial charge in [-0.15, -0.1) is 5.10 Å². The number of hydrogen-bond acceptors (Lipinski definition) is 7. The molecule has 5 rings (SSSR count). The molecule has 0 saturated heterocycles. The summed E-state index contributed by atoms with van der Waals surface area (Å²) in [6.45, 7) is 2.02. The van der Waals surface area contributed by atoms with Crippen molar-refractivity contribution in [1.29, 1.82) is 0 Å². The van der Waals surface area contributed by atoms with Crippen LogP contribution < -0.4 is 4.74 Å². The molecular weight excluding hydrogens is 408 g/mol. The van der Waals surface area contributed by atoms with Crippen molar-refractivity contribution in [3.8, 4) is 17.1 Å². The number of H-pyrrole nitrogens is 1. The van der Waals surface area contributed by atoms with Gasteiger partial charge in [0.15, 0.2) is 11.4 Å². The number of ether oxygens (including phenoxy) is 1. The zero-order valence-corrected chi connectivity index (χ0v) is 17.9. The number of nitrogens with zero attached hydrogens (tertiary/aromatic N) is 7. The van der Waals surface area contributed by atoms with Crippen molar-refractivity contribution < 1.29 is 9.84 Å². The topological polar surface area (TPSA) is 119 Å². The molecule has 5 aromatic rings. The van der Waals surface area contributed by atoms with E-state index in [2.05, 4.69) is 25.7 Å². The number of tetrazole rings is 1. The van der Waals surface area contributed by atoms with Gasteiger partial charge in [0.2, 0.25) is 0 Å². The molecule has 1 atom stereocenters. The van der Waals surface area contributed by atoms with E-state index in [4.69, 9.17) is 9.72 Å². The maximum Gasteiger partial charge on any atom is 0.184 e. The fourth-order valence-electron chi connectivity index (χ4n) is 4.06. The van der Waals surface area contributed by atoms with Gasteiger partial charge in [-0.2, -0.15) is 5.10 Å². The number of imidazole rings is 1. The molecule has 0 aliphatic heterocycles. The van der Waals surface area contributed by atoms with Crippen LogP contribution >= 0.6 is 0 Å². The van der Waals surface area contributed by atoms with E-state index in [-0.39, 0.29) is 0 Å². The molecule has 4 heterocycles. The van der Waals surface area contributed by atoms with Crippen LogP contribution in [0.1, 0.15) is 29.6 Å². The molecule has 2 N–H and O–H groups in total. The van der Waals surface area contributed by atoms with Crippen molar-refractivity contribution >= 4 is 5.65 Å². The number of hydrogen-bond donors (Lipinski definition) is 2. The number of methoxy groups -OCH3 is 1. The molecule has 10 nitrogen and oxygen atoms in total. The number of aromatic amines is 1. The molecule has 1 aromatic carbocycles. The summed E-state index contributed by atoms with van der Waals surface area (Å²) in [5.74, 6) is 1.04. The van der Waals surface area contributed by atoms with Crippen LogP contribution in [0, 0.1) is 0 Å². The Morgan fingerprint density at radius 1 is 1.19 bits per heavy atom. The number of aromatic nitrogens is 8. The Balaban J connectivity index is 1.82. The lowest BCUT2D eigenvalue weighted by molar-refractivity contribution is 0.115. The van der Waals surface area contributed by atoms with Gasteiger partial charge in [0.05, 0.1) is 12.7 Å². The van der Waals surface area contributed by atoms with Gasteiger partial charge in [0.25, 0.3) is 0 Å². The third-order valence-electron chi connectivity index (χ3n) is 5.60. The van der Waals surface area contributed by atoms with Crippen molar-refractivity contribution in [2.24, 2.45) is 7.05 Å². The Morgan fingerprint density at radius 2 is 2.00 bits per heavy atom. The molecule has 0 spiro atoms. The zero-order chi connectivity index (χ0) is 22.3. The standard InChI is InChI=1S/C22H22N8O2/c1-4-16-20(22(31,14-8-6-5-7-9-14)18-10-11-29(2)26-18)23-19-12-17(32-3)15(13-30(16)19)21-24-27-28-25-21/h5-13,31H,4H2,1-3H3,(H,24,25,27,28). The molecule has 1 unspecified atom stereocenters. The van der Waals surface area contributed by atoms with E-state index in [1.807, 2.05) is 73.2 Å². The predicted molar refractivity (Wildman–Crippen MR) is 116 cm³/mol. The number of rotatable bonds is 6. The summed E-state index contributed by atoms with van der Waals surface area (Å²) in [6, 6.07) is 13.1. The molecule has 0 radical (unpaired) electrons. The van der Waals surface area contributed by atoms with Crippen molar-refractivity contribution in [3.63, 3.8) is 0 Å². The van der Waals surface area contributed by atoms with Crippen LogP contribution in [0.15, 0.2) is 54.9 Å². The van der Waals surface area contributed by atoms with Gasteiger partial charge < -0.3 is 14.2 Å². The van der Waals surface area contributed by atoms with E-state index < -0.39 is 5.60 Å². The molecule has 0 bridgehead atoms. The molecule has 0 aliphatic rings. The van der Waals surface area contributed by atoms with E-state index in [0.29, 0.717) is 46.2 Å². The number of benzene rings is 1. The molecule has 32 heavy (non-hydrogen) atoms. The molecule has 0 amide bonds. The van der Waals surface area contributed by atoms with E-state index in [1.54, 1.807) is 11.8 Å². The van der Waals surface area contributed by atoms with Crippen LogP contribution in [0.2, 0.25) is 0 Å². The third kappa shape index (κ3) is 2.95. The summed E-state index contributed by atoms with van der Waals surface area (Å²) in [5.41, 5.74) is 2.31. The Kier molecular flexibility index (Phi) is 4.71. The highest BCUT2D eigenvalue weighted by Crippen LogP contribution is 2.39. The summed E-state index contributed by atoms with van der Waals surface area (Å²) >= 11 is 0. The maximum atomic E-state index is 12.2. The van der Waals surface area contributed by atoms with Gasteiger partial charge in [-0.3, -0.25) is 4.68 Å². The second-order valence-corrected chi connectivity index (χ2v) is 7.45. The Bertz CT molecular complexity index is 1370. The Hall–Kier alpha value is -4.05. The fourth-order valence-corrected chi connectivity index (χ4v) is 4.06. The van der Waals surface area contributed by atoms with Crippen LogP contribution in [0.4, 0.5) is 0 Å². The van der Waals surface area contributed by atoms with Crippen molar-refractivity contribution in [1.82, 2.24) is 39.8 Å². The highest BCUT2D eigenvalue weighted by molar-refractivity contribution is 5.67. The van der Waals surface area contributed by atoms with Gasteiger partial charge >= 0.3 is 0 Å². The average molecular weight is 430 g/mol. The Morgan fingerprint density at radius 3 is 2.62 bits per heavy atom. The lowest BCUT2D eigenvalue weighted by atomic mass is 9.86. The molecule has 4 aromatic heterocycles. The normalized spacial score (nSPS) is 13.4. The molecule has 0 aliphatic carbocycles. The first-order valence-electron chi connectivity index (χ1n) is 10.2. The summed E-state index contributed by atoms with van der Waals surface area (Å²) in [5, 5.41) is 30.9. The smallest absolute Gasteiger partial charge is 0.184 e. The molecule has 0 saturated carbocycles. The van der Waals surface area contributed by atoms with Crippen molar-refractivity contribution in [2.75, 3.05) is 7.11 Å². The number of pyridine rings is 1. The predicted octanol–water partition coefficient (Wildman–Crippen LogP) is 2.10. The van der Waals surface area contributed by atoms with Gasteiger partial charge in [-0.25, -0.2) is 10.1 Å². The monoisotopic (exact) mass is 430 g/mol. The zero-order valence-electron chi connectivity index (χ0n) is 17.9. The van der Waals surface area contributed by atoms with E-state index >= 15 is 0 Å². The lowest BCUT2D eigenvalue weighted by Crippen LogP contribution is -2.31. The number of aryl methyl sites for hydroxylation is 2. The number of nitrogens with one attached hydrogen (secondary N) is 1. The van der Waals surface area contributed by atoms with Gasteiger partial charge in [-0.05, 0) is 28.5 Å². The fraction of sp³-hybridized carbons (Fsp3) is 0.227. The van der Waals surface area contributed by atoms with Crippen LogP contribution in [-0.4, -0.2) is 52.0 Å². The minimum absolute atomic E-state index is 0.476. The molecule has 162 valence electrons. The highest BCUT2D eigenvalue weighted by atomic mass is 16.5. The van der Waals surface area contributed by atoms with E-state index in [9.17, 15) is 5.11 Å². The van der Waals surface area contributed by atoms with Crippen LogP contribution in [-0.2, 0) is 19.1 Å². The van der Waals surface area contributed by atoms with Crippen molar-refractivity contribution in [3.05, 3.63) is 77.5 Å². The van der Waals surface area contributed by atoms with Gasteiger partial charge in [0.1, 0.15) is 22.8 Å². The number of fused-ring (bicyclic) bond motifs is 1. The van der Waals surface area contributed by atoms with Gasteiger partial charge in [0, 0.05) is 31.2 Å². The van der Waals surface area contributed by atoms with E-state index in [1.165, 1.54) is 0 Å².